The molecule has 270 valence electrons. The number of thiophene rings is 1. The van der Waals surface area contributed by atoms with E-state index in [1.54, 1.807) is 0 Å². The van der Waals surface area contributed by atoms with Crippen LogP contribution >= 0.6 is 11.3 Å². The van der Waals surface area contributed by atoms with Gasteiger partial charge in [-0.05, 0) is 93.9 Å². The lowest BCUT2D eigenvalue weighted by atomic mass is 9.97. The molecule has 0 aliphatic heterocycles. The Balaban J connectivity index is 0.922. The minimum Gasteiger partial charge on any atom is -0.310 e. The monoisotopic (exact) mass is 754 g/mol. The van der Waals surface area contributed by atoms with Gasteiger partial charge in [0.05, 0.1) is 16.6 Å². The molecule has 9 aromatic carbocycles. The van der Waals surface area contributed by atoms with Gasteiger partial charge in [0.2, 0.25) is 0 Å². The molecule has 0 saturated heterocycles. The molecule has 0 spiro atoms. The van der Waals surface area contributed by atoms with Crippen molar-refractivity contribution in [1.82, 2.24) is 4.40 Å². The predicted molar refractivity (Wildman–Crippen MR) is 248 cm³/mol. The number of fused-ring (bicyclic) bond motifs is 12. The number of anilines is 3. The molecule has 13 rings (SSSR count). The number of nitrogens with zero attached hydrogens (tertiary/aromatic N) is 2. The van der Waals surface area contributed by atoms with Crippen molar-refractivity contribution in [2.45, 2.75) is 6.42 Å². The molecule has 0 radical (unpaired) electrons. The summed E-state index contributed by atoms with van der Waals surface area (Å²) in [5, 5.41) is 7.89. The van der Waals surface area contributed by atoms with Gasteiger partial charge in [-0.25, -0.2) is 0 Å². The number of hydrogen-bond acceptors (Lipinski definition) is 2. The molecule has 1 aliphatic carbocycles. The third kappa shape index (κ3) is 4.59. The van der Waals surface area contributed by atoms with Gasteiger partial charge in [-0.1, -0.05) is 146 Å². The second-order valence-electron chi connectivity index (χ2n) is 15.7. The van der Waals surface area contributed by atoms with Gasteiger partial charge in [-0.2, -0.15) is 0 Å². The summed E-state index contributed by atoms with van der Waals surface area (Å²) >= 11 is 1.87. The zero-order chi connectivity index (χ0) is 37.9. The third-order valence-corrected chi connectivity index (χ3v) is 13.7. The summed E-state index contributed by atoms with van der Waals surface area (Å²) in [6, 6.07) is 72.1. The topological polar surface area (TPSA) is 7.65 Å². The minimum atomic E-state index is 0.897. The van der Waals surface area contributed by atoms with Crippen LogP contribution in [0.1, 0.15) is 11.1 Å². The van der Waals surface area contributed by atoms with Gasteiger partial charge < -0.3 is 9.30 Å². The van der Waals surface area contributed by atoms with E-state index in [-0.39, 0.29) is 0 Å². The highest BCUT2D eigenvalue weighted by molar-refractivity contribution is 7.25. The summed E-state index contributed by atoms with van der Waals surface area (Å²) < 4.78 is 5.13. The summed E-state index contributed by atoms with van der Waals surface area (Å²) in [5.41, 5.74) is 17.7. The van der Waals surface area contributed by atoms with Crippen LogP contribution in [0.2, 0.25) is 0 Å². The molecule has 3 heteroatoms. The predicted octanol–water partition coefficient (Wildman–Crippen LogP) is 15.6. The maximum absolute atomic E-state index is 2.51. The van der Waals surface area contributed by atoms with Crippen LogP contribution in [0, 0.1) is 0 Å². The van der Waals surface area contributed by atoms with E-state index in [0.29, 0.717) is 0 Å². The van der Waals surface area contributed by atoms with Crippen LogP contribution in [0.3, 0.4) is 0 Å². The molecule has 0 saturated carbocycles. The van der Waals surface area contributed by atoms with Crippen molar-refractivity contribution >= 4 is 86.7 Å². The van der Waals surface area contributed by atoms with Gasteiger partial charge in [-0.3, -0.25) is 0 Å². The standard InChI is InChI=1S/C55H34N2S/c1-2-10-34(11-3-1)35-20-23-39(24-21-35)56(41-26-29-47-46-13-5-7-19-52(46)58-53(47)33-41)40-25-28-43-38(32-40)31-37-30-36(22-27-42(37)43)44-14-8-16-49-50-17-9-15-48-45-12-4-6-18-51(45)57(54(44)49)55(48)50/h1-30,32-33H,31H2. The number of benzene rings is 9. The van der Waals surface area contributed by atoms with Crippen LogP contribution in [0.25, 0.3) is 91.6 Å². The smallest absolute Gasteiger partial charge is 0.0620 e. The fourth-order valence-corrected chi connectivity index (χ4v) is 11.1. The van der Waals surface area contributed by atoms with Crippen molar-refractivity contribution in [2.75, 3.05) is 4.90 Å². The Morgan fingerprint density at radius 2 is 0.948 bits per heavy atom. The van der Waals surface area contributed by atoms with E-state index in [1.165, 1.54) is 108 Å². The van der Waals surface area contributed by atoms with Gasteiger partial charge in [-0.15, -0.1) is 11.3 Å². The zero-order valence-corrected chi connectivity index (χ0v) is 32.3. The number of aromatic nitrogens is 1. The molecule has 2 nitrogen and oxygen atoms in total. The van der Waals surface area contributed by atoms with Gasteiger partial charge in [0, 0.05) is 64.3 Å². The van der Waals surface area contributed by atoms with Crippen LogP contribution in [-0.2, 0) is 6.42 Å². The molecule has 0 amide bonds. The van der Waals surface area contributed by atoms with Crippen molar-refractivity contribution in [3.63, 3.8) is 0 Å². The van der Waals surface area contributed by atoms with Crippen LogP contribution < -0.4 is 4.90 Å². The van der Waals surface area contributed by atoms with Gasteiger partial charge in [0.15, 0.2) is 0 Å². The van der Waals surface area contributed by atoms with Crippen LogP contribution in [0.5, 0.6) is 0 Å². The Labute approximate surface area is 339 Å². The Bertz CT molecular complexity index is 3590. The normalized spacial score (nSPS) is 12.4. The first-order valence-corrected chi connectivity index (χ1v) is 20.9. The second kappa shape index (κ2) is 12.1. The Kier molecular flexibility index (Phi) is 6.69. The summed E-state index contributed by atoms with van der Waals surface area (Å²) in [4.78, 5) is 2.43. The maximum atomic E-state index is 2.51. The lowest BCUT2D eigenvalue weighted by Gasteiger charge is -2.26. The average molecular weight is 755 g/mol. The summed E-state index contributed by atoms with van der Waals surface area (Å²) in [5.74, 6) is 0. The minimum absolute atomic E-state index is 0.897. The summed E-state index contributed by atoms with van der Waals surface area (Å²) in [6.45, 7) is 0. The zero-order valence-electron chi connectivity index (χ0n) is 31.5. The molecule has 58 heavy (non-hydrogen) atoms. The van der Waals surface area contributed by atoms with E-state index in [4.69, 9.17) is 0 Å². The Hall–Kier alpha value is -7.20. The highest BCUT2D eigenvalue weighted by Crippen LogP contribution is 2.47. The largest absolute Gasteiger partial charge is 0.310 e. The first-order chi connectivity index (χ1) is 28.7. The molecule has 3 aromatic heterocycles. The number of hydrogen-bond donors (Lipinski definition) is 0. The summed E-state index contributed by atoms with van der Waals surface area (Å²) in [6.07, 6.45) is 0.897. The van der Waals surface area contributed by atoms with Crippen LogP contribution in [0.15, 0.2) is 194 Å². The second-order valence-corrected chi connectivity index (χ2v) is 16.8. The first-order valence-electron chi connectivity index (χ1n) is 20.0. The van der Waals surface area contributed by atoms with Crippen molar-refractivity contribution < 1.29 is 0 Å². The molecule has 12 aromatic rings. The first kappa shape index (κ1) is 31.9. The van der Waals surface area contributed by atoms with Crippen molar-refractivity contribution in [3.05, 3.63) is 205 Å². The Morgan fingerprint density at radius 3 is 1.81 bits per heavy atom. The van der Waals surface area contributed by atoms with Gasteiger partial charge >= 0.3 is 0 Å². The van der Waals surface area contributed by atoms with E-state index in [0.717, 1.165) is 17.8 Å². The molecule has 0 unspecified atom stereocenters. The van der Waals surface area contributed by atoms with Gasteiger partial charge in [0.25, 0.3) is 0 Å². The lowest BCUT2D eigenvalue weighted by Crippen LogP contribution is -2.10. The summed E-state index contributed by atoms with van der Waals surface area (Å²) in [7, 11) is 0. The van der Waals surface area contributed by atoms with Crippen LogP contribution in [-0.4, -0.2) is 4.40 Å². The molecule has 0 N–H and O–H groups in total. The number of rotatable bonds is 5. The highest BCUT2D eigenvalue weighted by Gasteiger charge is 2.24. The highest BCUT2D eigenvalue weighted by atomic mass is 32.1. The molecule has 0 bridgehead atoms. The fourth-order valence-electron chi connectivity index (χ4n) is 9.94. The lowest BCUT2D eigenvalue weighted by molar-refractivity contribution is 1.23. The molecule has 3 heterocycles. The quantitative estimate of drug-likeness (QED) is 0.170. The van der Waals surface area contributed by atoms with E-state index >= 15 is 0 Å². The van der Waals surface area contributed by atoms with Crippen molar-refractivity contribution in [2.24, 2.45) is 0 Å². The van der Waals surface area contributed by atoms with Crippen molar-refractivity contribution in [1.29, 1.82) is 0 Å². The van der Waals surface area contributed by atoms with Gasteiger partial charge in [0.1, 0.15) is 0 Å². The van der Waals surface area contributed by atoms with Crippen molar-refractivity contribution in [3.8, 4) is 33.4 Å². The van der Waals surface area contributed by atoms with Crippen LogP contribution in [0.4, 0.5) is 17.1 Å². The molecular weight excluding hydrogens is 721 g/mol. The molecule has 0 fully saturated rings. The fraction of sp³-hybridized carbons (Fsp3) is 0.0182. The third-order valence-electron chi connectivity index (χ3n) is 12.5. The molecule has 0 atom stereocenters. The molecular formula is C55H34N2S. The Morgan fingerprint density at radius 1 is 0.362 bits per heavy atom. The number of para-hydroxylation sites is 3. The average Bonchev–Trinajstić information content (AvgIpc) is 4.03. The molecule has 1 aliphatic rings. The van der Waals surface area contributed by atoms with E-state index in [9.17, 15) is 0 Å². The van der Waals surface area contributed by atoms with E-state index in [1.807, 2.05) is 11.3 Å². The van der Waals surface area contributed by atoms with E-state index in [2.05, 4.69) is 203 Å². The maximum Gasteiger partial charge on any atom is 0.0620 e. The van der Waals surface area contributed by atoms with E-state index < -0.39 is 0 Å². The SMILES string of the molecule is c1ccc(-c2ccc(N(c3ccc4c(c3)Cc3cc(-c5cccc6c7cccc8c9ccccc9n(c56)c87)ccc3-4)c3ccc4c(c3)sc3ccccc34)cc2)cc1.